The first-order valence-electron chi connectivity index (χ1n) is 6.94. The first kappa shape index (κ1) is 15.4. The Bertz CT molecular complexity index is 231. The number of allylic oxidation sites excluding steroid dienone is 1. The van der Waals surface area contributed by atoms with E-state index in [4.69, 9.17) is 0 Å². The summed E-state index contributed by atoms with van der Waals surface area (Å²) >= 11 is -3.60. The van der Waals surface area contributed by atoms with Gasteiger partial charge in [-0.1, -0.05) is 0 Å². The summed E-state index contributed by atoms with van der Waals surface area (Å²) in [4.78, 5) is 15.7. The van der Waals surface area contributed by atoms with Crippen molar-refractivity contribution >= 4 is 36.8 Å². The summed E-state index contributed by atoms with van der Waals surface area (Å²) in [5, 5.41) is 0. The Hall–Kier alpha value is 1.34. The third kappa shape index (κ3) is 4.91. The minimum atomic E-state index is -1.80. The van der Waals surface area contributed by atoms with Gasteiger partial charge in [0.2, 0.25) is 0 Å². The van der Waals surface area contributed by atoms with Gasteiger partial charge in [0.25, 0.3) is 0 Å². The fraction of sp³-hybridized carbons (Fsp3) is 0.857. The van der Waals surface area contributed by atoms with Crippen molar-refractivity contribution < 1.29 is 0 Å². The molecular weight excluding hydrogens is 406 g/mol. The van der Waals surface area contributed by atoms with Crippen LogP contribution in [-0.4, -0.2) is 36.8 Å². The van der Waals surface area contributed by atoms with Crippen LogP contribution < -0.4 is 0 Å². The third-order valence-corrected chi connectivity index (χ3v) is 42.6. The van der Waals surface area contributed by atoms with Crippen LogP contribution in [0.2, 0.25) is 29.6 Å². The molecule has 1 aliphatic rings. The molecule has 0 saturated heterocycles. The van der Waals surface area contributed by atoms with Gasteiger partial charge in [-0.25, -0.2) is 0 Å². The summed E-state index contributed by atoms with van der Waals surface area (Å²) < 4.78 is 2.07. The summed E-state index contributed by atoms with van der Waals surface area (Å²) in [5.41, 5.74) is 0. The molecule has 0 unspecified atom stereocenters. The topological polar surface area (TPSA) is 0 Å². The van der Waals surface area contributed by atoms with Crippen LogP contribution in [0, 0.1) is 5.92 Å². The Labute approximate surface area is 111 Å². The van der Waals surface area contributed by atoms with E-state index in [0.717, 1.165) is 5.92 Å². The molecule has 0 aromatic carbocycles. The Kier molecular flexibility index (Phi) is 5.76. The third-order valence-electron chi connectivity index (χ3n) is 3.67. The van der Waals surface area contributed by atoms with Gasteiger partial charge in [-0.05, 0) is 0 Å². The zero-order chi connectivity index (χ0) is 12.4. The van der Waals surface area contributed by atoms with Crippen molar-refractivity contribution in [2.24, 2.45) is 5.92 Å². The van der Waals surface area contributed by atoms with E-state index in [1.165, 1.54) is 32.1 Å². The van der Waals surface area contributed by atoms with Gasteiger partial charge in [-0.3, -0.25) is 0 Å². The van der Waals surface area contributed by atoms with Crippen molar-refractivity contribution in [2.45, 2.75) is 61.7 Å². The van der Waals surface area contributed by atoms with Crippen LogP contribution in [0.25, 0.3) is 0 Å². The number of rotatable bonds is 3. The van der Waals surface area contributed by atoms with Crippen LogP contribution in [0.5, 0.6) is 0 Å². The molecule has 94 valence electrons. The normalized spacial score (nSPS) is 19.6. The molecule has 1 saturated carbocycles. The zero-order valence-corrected chi connectivity index (χ0v) is 17.9. The van der Waals surface area contributed by atoms with E-state index < -0.39 is 36.8 Å². The molecule has 2 heteroatoms. The Balaban J connectivity index is 2.87. The van der Waals surface area contributed by atoms with Crippen molar-refractivity contribution in [1.82, 2.24) is 0 Å². The van der Waals surface area contributed by atoms with Crippen molar-refractivity contribution in [3.63, 3.8) is 0 Å². The molecule has 0 heterocycles. The molecule has 1 fully saturated rings. The molecule has 0 bridgehead atoms. The molecule has 0 nitrogen and oxygen atoms in total. The first-order valence-corrected chi connectivity index (χ1v) is 26.9. The van der Waals surface area contributed by atoms with Crippen molar-refractivity contribution in [3.8, 4) is 0 Å². The summed E-state index contributed by atoms with van der Waals surface area (Å²) in [6, 6.07) is 0. The molecule has 0 radical (unpaired) electrons. The van der Waals surface area contributed by atoms with E-state index in [1.54, 1.807) is 0 Å². The van der Waals surface area contributed by atoms with E-state index in [0.29, 0.717) is 0 Å². The molecule has 0 aromatic heterocycles. The zero-order valence-electron chi connectivity index (χ0n) is 12.2. The molecule has 0 N–H and O–H groups in total. The van der Waals surface area contributed by atoms with Gasteiger partial charge in [0.1, 0.15) is 0 Å². The van der Waals surface area contributed by atoms with Gasteiger partial charge in [0, 0.05) is 0 Å². The van der Waals surface area contributed by atoms with Gasteiger partial charge in [0.15, 0.2) is 0 Å². The SMILES string of the molecule is [CH3][Sn]([CH3])([CH3])[C](=CC1CCCCC1)[Sn]([CH3])([CH3])[CH3]. The van der Waals surface area contributed by atoms with Crippen LogP contribution in [0.4, 0.5) is 0 Å². The van der Waals surface area contributed by atoms with E-state index in [2.05, 4.69) is 37.3 Å². The van der Waals surface area contributed by atoms with E-state index in [-0.39, 0.29) is 0 Å². The summed E-state index contributed by atoms with van der Waals surface area (Å²) in [7, 11) is 0. The first-order chi connectivity index (χ1) is 7.21. The molecule has 0 spiro atoms. The molecule has 1 aliphatic carbocycles. The predicted molar refractivity (Wildman–Crippen MR) is 81.4 cm³/mol. The fourth-order valence-corrected chi connectivity index (χ4v) is 56.9. The minimum absolute atomic E-state index is 0.954. The van der Waals surface area contributed by atoms with E-state index in [9.17, 15) is 0 Å². The molecule has 16 heavy (non-hydrogen) atoms. The van der Waals surface area contributed by atoms with Gasteiger partial charge in [-0.15, -0.1) is 0 Å². The standard InChI is InChI=1S/C8H12.6CH3.2Sn/c1-2-8-6-4-3-5-7-8;;;;;;;;/h2,8H,3-7H2;6*1H3;;. The van der Waals surface area contributed by atoms with Crippen molar-refractivity contribution in [3.05, 3.63) is 7.68 Å². The quantitative estimate of drug-likeness (QED) is 0.531. The molecular formula is C14H30Sn2. The van der Waals surface area contributed by atoms with Crippen molar-refractivity contribution in [2.75, 3.05) is 0 Å². The predicted octanol–water partition coefficient (Wildman–Crippen LogP) is 5.25. The molecule has 1 rings (SSSR count). The number of hydrogen-bond donors (Lipinski definition) is 0. The Morgan fingerprint density at radius 2 is 1.25 bits per heavy atom. The summed E-state index contributed by atoms with van der Waals surface area (Å²) in [6.45, 7) is 0. The van der Waals surface area contributed by atoms with E-state index in [1.807, 2.05) is 0 Å². The van der Waals surface area contributed by atoms with Gasteiger partial charge in [-0.2, -0.15) is 0 Å². The van der Waals surface area contributed by atoms with Crippen LogP contribution >= 0.6 is 0 Å². The summed E-state index contributed by atoms with van der Waals surface area (Å²) in [5.74, 6) is 0.954. The second-order valence-corrected chi connectivity index (χ2v) is 40.3. The van der Waals surface area contributed by atoms with Crippen LogP contribution in [0.1, 0.15) is 32.1 Å². The average Bonchev–Trinajstić information content (AvgIpc) is 2.12. The van der Waals surface area contributed by atoms with Gasteiger partial charge < -0.3 is 0 Å². The van der Waals surface area contributed by atoms with Crippen LogP contribution in [0.15, 0.2) is 7.68 Å². The molecule has 0 aromatic rings. The maximum absolute atomic E-state index is 2.80. The van der Waals surface area contributed by atoms with Crippen LogP contribution in [-0.2, 0) is 0 Å². The second kappa shape index (κ2) is 5.99. The molecule has 0 atom stereocenters. The molecule has 0 aliphatic heterocycles. The maximum atomic E-state index is 2.80. The fourth-order valence-electron chi connectivity index (χ4n) is 3.16. The van der Waals surface area contributed by atoms with Gasteiger partial charge >= 0.3 is 112 Å². The second-order valence-electron chi connectivity index (χ2n) is 7.48. The van der Waals surface area contributed by atoms with Crippen molar-refractivity contribution in [1.29, 1.82) is 0 Å². The Morgan fingerprint density at radius 3 is 1.62 bits per heavy atom. The molecule has 0 amide bonds. The number of hydrogen-bond acceptors (Lipinski definition) is 0. The monoisotopic (exact) mass is 438 g/mol. The summed E-state index contributed by atoms with van der Waals surface area (Å²) in [6.07, 6.45) is 10.2. The van der Waals surface area contributed by atoms with Crippen LogP contribution in [0.3, 0.4) is 0 Å². The Morgan fingerprint density at radius 1 is 0.812 bits per heavy atom. The van der Waals surface area contributed by atoms with Gasteiger partial charge in [0.05, 0.1) is 0 Å². The van der Waals surface area contributed by atoms with E-state index >= 15 is 0 Å². The average molecular weight is 436 g/mol.